The van der Waals surface area contributed by atoms with E-state index in [-0.39, 0.29) is 0 Å². The fourth-order valence-electron chi connectivity index (χ4n) is 2.15. The van der Waals surface area contributed by atoms with Crippen LogP contribution in [0.3, 0.4) is 0 Å². The molecule has 1 aromatic carbocycles. The molecule has 2 nitrogen and oxygen atoms in total. The van der Waals surface area contributed by atoms with Crippen molar-refractivity contribution in [2.24, 2.45) is 5.92 Å². The number of ether oxygens (including phenoxy) is 1. The van der Waals surface area contributed by atoms with Crippen LogP contribution in [0.2, 0.25) is 5.02 Å². The summed E-state index contributed by atoms with van der Waals surface area (Å²) in [7, 11) is 0. The van der Waals surface area contributed by atoms with Crippen LogP contribution < -0.4 is 4.74 Å². The van der Waals surface area contributed by atoms with Crippen molar-refractivity contribution in [1.82, 2.24) is 0 Å². The van der Waals surface area contributed by atoms with Gasteiger partial charge >= 0.3 is 0 Å². The molecule has 1 atom stereocenters. The number of nitrogens with zero attached hydrogens (tertiary/aromatic N) is 1. The predicted molar refractivity (Wildman–Crippen MR) is 87.7 cm³/mol. The van der Waals surface area contributed by atoms with Gasteiger partial charge in [0.05, 0.1) is 6.61 Å². The van der Waals surface area contributed by atoms with Crippen LogP contribution in [0.1, 0.15) is 37.0 Å². The van der Waals surface area contributed by atoms with Crippen LogP contribution >= 0.6 is 23.4 Å². The molecule has 20 heavy (non-hydrogen) atoms. The number of thioether (sulfide) groups is 1. The van der Waals surface area contributed by atoms with Gasteiger partial charge in [-0.3, -0.25) is 0 Å². The van der Waals surface area contributed by atoms with Crippen molar-refractivity contribution >= 4 is 23.4 Å². The van der Waals surface area contributed by atoms with Gasteiger partial charge in [0.2, 0.25) is 0 Å². The van der Waals surface area contributed by atoms with Crippen molar-refractivity contribution in [2.45, 2.75) is 40.5 Å². The SMILES string of the molecule is CCCOc1c(C)cc(Cl)c(C)c1CC(C)CSC#N. The first-order chi connectivity index (χ1) is 9.51. The summed E-state index contributed by atoms with van der Waals surface area (Å²) in [4.78, 5) is 0. The lowest BCUT2D eigenvalue weighted by molar-refractivity contribution is 0.310. The lowest BCUT2D eigenvalue weighted by Gasteiger charge is -2.19. The minimum absolute atomic E-state index is 0.417. The zero-order valence-electron chi connectivity index (χ0n) is 12.6. The standard InChI is InChI=1S/C16H22ClNOS/c1-5-6-19-16-12(3)8-15(17)13(4)14(16)7-11(2)9-20-10-18/h8,11H,5-7,9H2,1-4H3. The molecule has 0 saturated heterocycles. The average Bonchev–Trinajstić information content (AvgIpc) is 2.41. The van der Waals surface area contributed by atoms with E-state index in [4.69, 9.17) is 21.6 Å². The highest BCUT2D eigenvalue weighted by molar-refractivity contribution is 8.03. The molecule has 0 amide bonds. The maximum atomic E-state index is 8.66. The van der Waals surface area contributed by atoms with Crippen LogP contribution in [0.5, 0.6) is 5.75 Å². The molecular weight excluding hydrogens is 290 g/mol. The maximum Gasteiger partial charge on any atom is 0.133 e. The zero-order valence-corrected chi connectivity index (χ0v) is 14.2. The van der Waals surface area contributed by atoms with E-state index in [0.717, 1.165) is 47.1 Å². The number of benzene rings is 1. The van der Waals surface area contributed by atoms with E-state index in [2.05, 4.69) is 19.2 Å². The third-order valence-electron chi connectivity index (χ3n) is 3.22. The molecule has 4 heteroatoms. The summed E-state index contributed by atoms with van der Waals surface area (Å²) < 4.78 is 5.93. The van der Waals surface area contributed by atoms with Gasteiger partial charge in [0, 0.05) is 10.8 Å². The maximum absolute atomic E-state index is 8.66. The van der Waals surface area contributed by atoms with Crippen molar-refractivity contribution in [3.8, 4) is 11.2 Å². The van der Waals surface area contributed by atoms with Gasteiger partial charge in [0.15, 0.2) is 0 Å². The number of aryl methyl sites for hydroxylation is 1. The van der Waals surface area contributed by atoms with Gasteiger partial charge in [0.25, 0.3) is 0 Å². The number of nitriles is 1. The lowest BCUT2D eigenvalue weighted by atomic mass is 9.95. The molecule has 0 fully saturated rings. The van der Waals surface area contributed by atoms with Crippen LogP contribution in [0, 0.1) is 30.4 Å². The van der Waals surface area contributed by atoms with Crippen molar-refractivity contribution in [3.05, 3.63) is 27.8 Å². The Morgan fingerprint density at radius 1 is 1.45 bits per heavy atom. The fourth-order valence-corrected chi connectivity index (χ4v) is 2.91. The molecule has 0 radical (unpaired) electrons. The Labute approximate surface area is 131 Å². The fraction of sp³-hybridized carbons (Fsp3) is 0.562. The Balaban J connectivity index is 3.04. The number of halogens is 1. The quantitative estimate of drug-likeness (QED) is 0.654. The minimum atomic E-state index is 0.417. The van der Waals surface area contributed by atoms with Gasteiger partial charge in [-0.15, -0.1) is 0 Å². The molecule has 1 aromatic rings. The Bertz CT molecular complexity index is 496. The minimum Gasteiger partial charge on any atom is -0.493 e. The molecule has 0 saturated carbocycles. The highest BCUT2D eigenvalue weighted by Gasteiger charge is 2.16. The second-order valence-corrected chi connectivity index (χ2v) is 6.38. The van der Waals surface area contributed by atoms with Crippen LogP contribution in [0.15, 0.2) is 6.07 Å². The van der Waals surface area contributed by atoms with E-state index in [0.29, 0.717) is 5.92 Å². The molecule has 110 valence electrons. The molecule has 0 aliphatic rings. The molecule has 0 spiro atoms. The molecule has 1 unspecified atom stereocenters. The molecule has 0 aliphatic carbocycles. The molecule has 0 bridgehead atoms. The second kappa shape index (κ2) is 8.44. The van der Waals surface area contributed by atoms with Crippen molar-refractivity contribution in [1.29, 1.82) is 5.26 Å². The van der Waals surface area contributed by atoms with E-state index in [1.807, 2.05) is 19.9 Å². The molecule has 1 rings (SSSR count). The third kappa shape index (κ3) is 4.61. The van der Waals surface area contributed by atoms with E-state index >= 15 is 0 Å². The number of thiocyanates is 1. The van der Waals surface area contributed by atoms with Crippen molar-refractivity contribution in [3.63, 3.8) is 0 Å². The summed E-state index contributed by atoms with van der Waals surface area (Å²) in [5, 5.41) is 11.6. The number of hydrogen-bond acceptors (Lipinski definition) is 3. The van der Waals surface area contributed by atoms with Gasteiger partial charge in [0.1, 0.15) is 11.2 Å². The van der Waals surface area contributed by atoms with Crippen LogP contribution in [-0.4, -0.2) is 12.4 Å². The lowest BCUT2D eigenvalue weighted by Crippen LogP contribution is -2.09. The topological polar surface area (TPSA) is 33.0 Å². The summed E-state index contributed by atoms with van der Waals surface area (Å²) in [6.45, 7) is 9.05. The zero-order chi connectivity index (χ0) is 15.1. The summed E-state index contributed by atoms with van der Waals surface area (Å²) in [5.74, 6) is 2.22. The first kappa shape index (κ1) is 17.2. The monoisotopic (exact) mass is 311 g/mol. The summed E-state index contributed by atoms with van der Waals surface area (Å²) in [6.07, 6.45) is 1.88. The van der Waals surface area contributed by atoms with E-state index in [1.54, 1.807) is 0 Å². The van der Waals surface area contributed by atoms with Gasteiger partial charge < -0.3 is 4.74 Å². The summed E-state index contributed by atoms with van der Waals surface area (Å²) in [6, 6.07) is 1.97. The molecule has 0 heterocycles. The van der Waals surface area contributed by atoms with E-state index in [1.165, 1.54) is 17.3 Å². The van der Waals surface area contributed by atoms with Gasteiger partial charge in [-0.1, -0.05) is 25.4 Å². The predicted octanol–water partition coefficient (Wildman–Crippen LogP) is 5.14. The summed E-state index contributed by atoms with van der Waals surface area (Å²) in [5.41, 5.74) is 3.37. The molecule has 0 aliphatic heterocycles. The van der Waals surface area contributed by atoms with Gasteiger partial charge in [-0.2, -0.15) is 5.26 Å². The highest BCUT2D eigenvalue weighted by atomic mass is 35.5. The first-order valence-electron chi connectivity index (χ1n) is 6.93. The first-order valence-corrected chi connectivity index (χ1v) is 8.29. The smallest absolute Gasteiger partial charge is 0.133 e. The Hall–Kier alpha value is -0.850. The van der Waals surface area contributed by atoms with Gasteiger partial charge in [-0.25, -0.2) is 0 Å². The van der Waals surface area contributed by atoms with Crippen LogP contribution in [0.4, 0.5) is 0 Å². The highest BCUT2D eigenvalue weighted by Crippen LogP contribution is 2.34. The van der Waals surface area contributed by atoms with Crippen molar-refractivity contribution < 1.29 is 4.74 Å². The van der Waals surface area contributed by atoms with Crippen LogP contribution in [0.25, 0.3) is 0 Å². The summed E-state index contributed by atoms with van der Waals surface area (Å²) >= 11 is 7.60. The Kier molecular flexibility index (Phi) is 7.26. The normalized spacial score (nSPS) is 12.0. The Morgan fingerprint density at radius 2 is 2.15 bits per heavy atom. The van der Waals surface area contributed by atoms with Crippen molar-refractivity contribution in [2.75, 3.05) is 12.4 Å². The number of hydrogen-bond donors (Lipinski definition) is 0. The third-order valence-corrected chi connectivity index (χ3v) is 4.48. The molecule has 0 N–H and O–H groups in total. The number of rotatable bonds is 7. The van der Waals surface area contributed by atoms with Crippen LogP contribution in [-0.2, 0) is 6.42 Å². The van der Waals surface area contributed by atoms with E-state index in [9.17, 15) is 0 Å². The molecule has 0 aromatic heterocycles. The van der Waals surface area contributed by atoms with Gasteiger partial charge in [-0.05, 0) is 67.1 Å². The largest absolute Gasteiger partial charge is 0.493 e. The average molecular weight is 312 g/mol. The van der Waals surface area contributed by atoms with E-state index < -0.39 is 0 Å². The second-order valence-electron chi connectivity index (χ2n) is 5.17. The molecular formula is C16H22ClNOS. The Morgan fingerprint density at radius 3 is 2.75 bits per heavy atom.